The third-order valence-electron chi connectivity index (χ3n) is 4.26. The average Bonchev–Trinajstić information content (AvgIpc) is 2.28. The van der Waals surface area contributed by atoms with E-state index in [9.17, 15) is 19.5 Å². The molecule has 19 heavy (non-hydrogen) atoms. The number of rotatable bonds is 4. The maximum absolute atomic E-state index is 11.9. The molecular formula is C13H20N2O4. The molecule has 6 nitrogen and oxygen atoms in total. The Bertz CT molecular complexity index is 403. The van der Waals surface area contributed by atoms with Crippen LogP contribution in [0.25, 0.3) is 0 Å². The van der Waals surface area contributed by atoms with Crippen molar-refractivity contribution in [1.29, 1.82) is 0 Å². The molecule has 0 spiro atoms. The van der Waals surface area contributed by atoms with Gasteiger partial charge in [0, 0.05) is 32.5 Å². The molecule has 0 aromatic carbocycles. The van der Waals surface area contributed by atoms with Crippen molar-refractivity contribution in [2.24, 2.45) is 5.41 Å². The summed E-state index contributed by atoms with van der Waals surface area (Å²) < 4.78 is 0. The minimum absolute atomic E-state index is 0.0521. The number of nitrogens with one attached hydrogen (secondary N) is 1. The molecule has 2 aliphatic rings. The minimum Gasteiger partial charge on any atom is -0.481 e. The van der Waals surface area contributed by atoms with Gasteiger partial charge in [-0.25, -0.2) is 0 Å². The van der Waals surface area contributed by atoms with Crippen LogP contribution < -0.4 is 5.32 Å². The minimum atomic E-state index is -0.871. The van der Waals surface area contributed by atoms with E-state index in [1.165, 1.54) is 0 Å². The third kappa shape index (κ3) is 2.88. The zero-order valence-corrected chi connectivity index (χ0v) is 11.1. The third-order valence-corrected chi connectivity index (χ3v) is 4.26. The Balaban J connectivity index is 1.85. The average molecular weight is 268 g/mol. The lowest BCUT2D eigenvalue weighted by Gasteiger charge is -2.38. The first-order chi connectivity index (χ1) is 8.93. The van der Waals surface area contributed by atoms with Gasteiger partial charge in [0.05, 0.1) is 5.41 Å². The van der Waals surface area contributed by atoms with Gasteiger partial charge in [-0.05, 0) is 19.3 Å². The highest BCUT2D eigenvalue weighted by Crippen LogP contribution is 2.44. The van der Waals surface area contributed by atoms with Gasteiger partial charge in [-0.15, -0.1) is 0 Å². The number of carbonyl (C=O) groups excluding carboxylic acids is 2. The smallest absolute Gasteiger partial charge is 0.310 e. The fraction of sp³-hybridized carbons (Fsp3) is 0.769. The number of carboxylic acids is 1. The molecule has 1 atom stereocenters. The van der Waals surface area contributed by atoms with E-state index in [0.29, 0.717) is 32.2 Å². The molecule has 0 bridgehead atoms. The van der Waals surface area contributed by atoms with Crippen molar-refractivity contribution in [2.75, 3.05) is 13.6 Å². The van der Waals surface area contributed by atoms with Crippen LogP contribution in [-0.2, 0) is 14.4 Å². The van der Waals surface area contributed by atoms with Crippen molar-refractivity contribution < 1.29 is 19.5 Å². The first-order valence-electron chi connectivity index (χ1n) is 6.70. The highest BCUT2D eigenvalue weighted by Gasteiger charge is 2.46. The van der Waals surface area contributed by atoms with Crippen LogP contribution in [0.15, 0.2) is 0 Å². The van der Waals surface area contributed by atoms with Gasteiger partial charge < -0.3 is 15.3 Å². The molecule has 1 saturated heterocycles. The molecule has 0 aromatic rings. The fourth-order valence-electron chi connectivity index (χ4n) is 2.79. The molecule has 1 saturated carbocycles. The van der Waals surface area contributed by atoms with Gasteiger partial charge in [-0.2, -0.15) is 0 Å². The van der Waals surface area contributed by atoms with Crippen LogP contribution in [0.1, 0.15) is 38.5 Å². The standard InChI is InChI=1S/C13H20N2O4/c1-15-8-9(3-4-11(15)17)14-10(16)7-13(12(18)19)5-2-6-13/h9H,2-8H2,1H3,(H,14,16)(H,18,19). The van der Waals surface area contributed by atoms with Crippen molar-refractivity contribution in [3.8, 4) is 0 Å². The lowest BCUT2D eigenvalue weighted by molar-refractivity contribution is -0.157. The maximum atomic E-state index is 11.9. The molecule has 1 aliphatic carbocycles. The second-order valence-electron chi connectivity index (χ2n) is 5.69. The summed E-state index contributed by atoms with van der Waals surface area (Å²) in [4.78, 5) is 36.1. The van der Waals surface area contributed by atoms with Crippen molar-refractivity contribution in [1.82, 2.24) is 10.2 Å². The molecule has 2 amide bonds. The van der Waals surface area contributed by atoms with E-state index in [0.717, 1.165) is 6.42 Å². The zero-order chi connectivity index (χ0) is 14.0. The van der Waals surface area contributed by atoms with E-state index in [1.54, 1.807) is 11.9 Å². The molecule has 1 aliphatic heterocycles. The molecule has 1 heterocycles. The van der Waals surface area contributed by atoms with E-state index < -0.39 is 11.4 Å². The number of piperidine rings is 1. The number of likely N-dealkylation sites (tertiary alicyclic amines) is 1. The van der Waals surface area contributed by atoms with Crippen molar-refractivity contribution in [3.63, 3.8) is 0 Å². The number of amides is 2. The molecule has 2 fully saturated rings. The second-order valence-corrected chi connectivity index (χ2v) is 5.69. The first kappa shape index (κ1) is 13.8. The number of carboxylic acid groups (broad SMARTS) is 1. The lowest BCUT2D eigenvalue weighted by Crippen LogP contribution is -2.50. The summed E-state index contributed by atoms with van der Waals surface area (Å²) in [6.45, 7) is 0.505. The monoisotopic (exact) mass is 268 g/mol. The van der Waals surface area contributed by atoms with E-state index >= 15 is 0 Å². The van der Waals surface area contributed by atoms with Gasteiger partial charge in [0.15, 0.2) is 0 Å². The number of carbonyl (C=O) groups is 3. The Labute approximate surface area is 112 Å². The summed E-state index contributed by atoms with van der Waals surface area (Å²) in [6.07, 6.45) is 3.16. The van der Waals surface area contributed by atoms with E-state index in [4.69, 9.17) is 0 Å². The van der Waals surface area contributed by atoms with E-state index in [-0.39, 0.29) is 24.3 Å². The number of hydrogen-bond acceptors (Lipinski definition) is 3. The molecule has 1 unspecified atom stereocenters. The van der Waals surface area contributed by atoms with Crippen LogP contribution >= 0.6 is 0 Å². The molecule has 2 rings (SSSR count). The summed E-state index contributed by atoms with van der Waals surface area (Å²) in [5, 5.41) is 12.0. The number of nitrogens with zero attached hydrogens (tertiary/aromatic N) is 1. The van der Waals surface area contributed by atoms with Crippen LogP contribution in [0.3, 0.4) is 0 Å². The van der Waals surface area contributed by atoms with Crippen molar-refractivity contribution in [3.05, 3.63) is 0 Å². The Kier molecular flexibility index (Phi) is 3.78. The number of hydrogen-bond donors (Lipinski definition) is 2. The highest BCUT2D eigenvalue weighted by molar-refractivity contribution is 5.86. The molecular weight excluding hydrogens is 248 g/mol. The van der Waals surface area contributed by atoms with Crippen LogP contribution in [0.4, 0.5) is 0 Å². The fourth-order valence-corrected chi connectivity index (χ4v) is 2.79. The van der Waals surface area contributed by atoms with Gasteiger partial charge in [-0.3, -0.25) is 14.4 Å². The predicted octanol–water partition coefficient (Wildman–Crippen LogP) is 0.368. The summed E-state index contributed by atoms with van der Waals surface area (Å²) in [5.74, 6) is -0.994. The Morgan fingerprint density at radius 3 is 2.63 bits per heavy atom. The summed E-state index contributed by atoms with van der Waals surface area (Å²) in [6, 6.07) is -0.0545. The van der Waals surface area contributed by atoms with Gasteiger partial charge in [0.2, 0.25) is 11.8 Å². The Morgan fingerprint density at radius 1 is 1.47 bits per heavy atom. The molecule has 0 aromatic heterocycles. The van der Waals surface area contributed by atoms with Crippen molar-refractivity contribution in [2.45, 2.75) is 44.6 Å². The molecule has 0 radical (unpaired) electrons. The number of aliphatic carboxylic acids is 1. The predicted molar refractivity (Wildman–Crippen MR) is 67.3 cm³/mol. The van der Waals surface area contributed by atoms with Crippen LogP contribution in [0, 0.1) is 5.41 Å². The Morgan fingerprint density at radius 2 is 2.16 bits per heavy atom. The van der Waals surface area contributed by atoms with Gasteiger partial charge in [-0.1, -0.05) is 6.42 Å². The van der Waals surface area contributed by atoms with Crippen molar-refractivity contribution >= 4 is 17.8 Å². The molecule has 6 heteroatoms. The van der Waals surface area contributed by atoms with Gasteiger partial charge in [0.1, 0.15) is 0 Å². The zero-order valence-electron chi connectivity index (χ0n) is 11.1. The first-order valence-corrected chi connectivity index (χ1v) is 6.70. The van der Waals surface area contributed by atoms with Crippen LogP contribution in [0.5, 0.6) is 0 Å². The molecule has 106 valence electrons. The van der Waals surface area contributed by atoms with Gasteiger partial charge >= 0.3 is 5.97 Å². The summed E-state index contributed by atoms with van der Waals surface area (Å²) in [5.41, 5.74) is -0.847. The lowest BCUT2D eigenvalue weighted by atomic mass is 9.66. The van der Waals surface area contributed by atoms with Crippen LogP contribution in [0.2, 0.25) is 0 Å². The van der Waals surface area contributed by atoms with E-state index in [1.807, 2.05) is 0 Å². The normalized spacial score (nSPS) is 25.6. The van der Waals surface area contributed by atoms with Gasteiger partial charge in [0.25, 0.3) is 0 Å². The maximum Gasteiger partial charge on any atom is 0.310 e. The SMILES string of the molecule is CN1CC(NC(=O)CC2(C(=O)O)CCC2)CCC1=O. The summed E-state index contributed by atoms with van der Waals surface area (Å²) >= 11 is 0. The quantitative estimate of drug-likeness (QED) is 0.771. The second kappa shape index (κ2) is 5.19. The Hall–Kier alpha value is -1.59. The summed E-state index contributed by atoms with van der Waals surface area (Å²) in [7, 11) is 1.71. The topological polar surface area (TPSA) is 86.7 Å². The van der Waals surface area contributed by atoms with E-state index in [2.05, 4.69) is 5.32 Å². The molecule has 2 N–H and O–H groups in total. The number of likely N-dealkylation sites (N-methyl/N-ethyl adjacent to an activating group) is 1. The largest absolute Gasteiger partial charge is 0.481 e. The van der Waals surface area contributed by atoms with Crippen LogP contribution in [-0.4, -0.2) is 47.4 Å². The highest BCUT2D eigenvalue weighted by atomic mass is 16.4.